The Morgan fingerprint density at radius 3 is 1.50 bits per heavy atom. The lowest BCUT2D eigenvalue weighted by atomic mass is 10.1. The average Bonchev–Trinajstić information content (AvgIpc) is 2.54. The quantitative estimate of drug-likeness (QED) is 0.717. The number of benzene rings is 1. The Balaban J connectivity index is 1.76. The van der Waals surface area contributed by atoms with Crippen molar-refractivity contribution >= 4 is 0 Å². The van der Waals surface area contributed by atoms with E-state index in [0.29, 0.717) is 13.1 Å². The van der Waals surface area contributed by atoms with E-state index in [4.69, 9.17) is 0 Å². The van der Waals surface area contributed by atoms with Crippen LogP contribution in [-0.2, 0) is 13.1 Å². The Hall–Kier alpha value is -3.02. The number of rotatable bonds is 4. The highest BCUT2D eigenvalue weighted by molar-refractivity contribution is 5.23. The van der Waals surface area contributed by atoms with Gasteiger partial charge in [-0.3, -0.25) is 19.6 Å². The van der Waals surface area contributed by atoms with Crippen molar-refractivity contribution in [2.75, 3.05) is 0 Å². The van der Waals surface area contributed by atoms with Gasteiger partial charge in [-0.2, -0.15) is 0 Å². The van der Waals surface area contributed by atoms with E-state index in [0.717, 1.165) is 11.1 Å². The summed E-state index contributed by atoms with van der Waals surface area (Å²) >= 11 is 0. The Labute approximate surface area is 126 Å². The normalized spacial score (nSPS) is 10.5. The van der Waals surface area contributed by atoms with E-state index >= 15 is 0 Å². The second-order valence-corrected chi connectivity index (χ2v) is 4.90. The average molecular weight is 294 g/mol. The fraction of sp³-hybridized carbons (Fsp3) is 0.125. The van der Waals surface area contributed by atoms with Crippen molar-refractivity contribution in [2.45, 2.75) is 13.1 Å². The summed E-state index contributed by atoms with van der Waals surface area (Å²) in [4.78, 5) is 30.8. The molecule has 0 aliphatic carbocycles. The third-order valence-electron chi connectivity index (χ3n) is 3.33. The Bertz CT molecular complexity index is 807. The van der Waals surface area contributed by atoms with Crippen molar-refractivity contribution < 1.29 is 0 Å². The van der Waals surface area contributed by atoms with Gasteiger partial charge in [-0.1, -0.05) is 24.3 Å². The van der Waals surface area contributed by atoms with Crippen molar-refractivity contribution in [2.24, 2.45) is 0 Å². The Morgan fingerprint density at radius 1 is 0.727 bits per heavy atom. The van der Waals surface area contributed by atoms with Crippen LogP contribution in [0.4, 0.5) is 0 Å². The number of nitrogens with zero attached hydrogens (tertiary/aromatic N) is 4. The van der Waals surface area contributed by atoms with Gasteiger partial charge in [0.15, 0.2) is 0 Å². The van der Waals surface area contributed by atoms with Crippen molar-refractivity contribution in [1.82, 2.24) is 19.1 Å². The van der Waals surface area contributed by atoms with Gasteiger partial charge in [0.2, 0.25) is 0 Å². The topological polar surface area (TPSA) is 69.8 Å². The van der Waals surface area contributed by atoms with Crippen LogP contribution in [0.3, 0.4) is 0 Å². The van der Waals surface area contributed by atoms with Crippen LogP contribution in [0.5, 0.6) is 0 Å². The molecule has 110 valence electrons. The lowest BCUT2D eigenvalue weighted by Gasteiger charge is -2.07. The molecule has 0 fully saturated rings. The van der Waals surface area contributed by atoms with Crippen LogP contribution in [0.25, 0.3) is 0 Å². The van der Waals surface area contributed by atoms with Crippen LogP contribution in [0.1, 0.15) is 11.1 Å². The second-order valence-electron chi connectivity index (χ2n) is 4.90. The summed E-state index contributed by atoms with van der Waals surface area (Å²) < 4.78 is 3.19. The molecule has 0 aliphatic rings. The van der Waals surface area contributed by atoms with Crippen LogP contribution in [-0.4, -0.2) is 19.1 Å². The highest BCUT2D eigenvalue weighted by Gasteiger charge is 2.00. The smallest absolute Gasteiger partial charge is 0.269 e. The van der Waals surface area contributed by atoms with Gasteiger partial charge in [0, 0.05) is 24.8 Å². The third kappa shape index (κ3) is 3.17. The molecule has 0 radical (unpaired) electrons. The molecule has 3 aromatic rings. The van der Waals surface area contributed by atoms with Gasteiger partial charge in [-0.05, 0) is 11.1 Å². The molecule has 0 bridgehead atoms. The molecule has 0 saturated carbocycles. The molecule has 0 spiro atoms. The van der Waals surface area contributed by atoms with E-state index in [2.05, 4.69) is 9.97 Å². The van der Waals surface area contributed by atoms with Crippen molar-refractivity contribution in [1.29, 1.82) is 0 Å². The first-order chi connectivity index (χ1) is 10.7. The summed E-state index contributed by atoms with van der Waals surface area (Å²) in [6, 6.07) is 7.81. The number of aromatic nitrogens is 4. The van der Waals surface area contributed by atoms with Gasteiger partial charge in [-0.15, -0.1) is 0 Å². The molecule has 0 N–H and O–H groups in total. The Morgan fingerprint density at radius 2 is 1.14 bits per heavy atom. The summed E-state index contributed by atoms with van der Waals surface area (Å²) in [7, 11) is 0. The monoisotopic (exact) mass is 294 g/mol. The summed E-state index contributed by atoms with van der Waals surface area (Å²) in [6.45, 7) is 0.994. The lowest BCUT2D eigenvalue weighted by molar-refractivity contribution is 0.738. The molecule has 6 heteroatoms. The SMILES string of the molecule is O=c1cnccn1Cc1ccc(Cn2ccncc2=O)cc1. The molecule has 0 atom stereocenters. The molecule has 2 heterocycles. The minimum Gasteiger partial charge on any atom is -0.308 e. The maximum atomic E-state index is 11.6. The van der Waals surface area contributed by atoms with Crippen molar-refractivity contribution in [3.05, 3.63) is 93.3 Å². The minimum atomic E-state index is -0.130. The van der Waals surface area contributed by atoms with Gasteiger partial charge in [0.25, 0.3) is 11.1 Å². The highest BCUT2D eigenvalue weighted by atomic mass is 16.1. The highest BCUT2D eigenvalue weighted by Crippen LogP contribution is 2.06. The van der Waals surface area contributed by atoms with E-state index in [-0.39, 0.29) is 11.1 Å². The predicted molar refractivity (Wildman–Crippen MR) is 81.6 cm³/mol. The van der Waals surface area contributed by atoms with Crippen LogP contribution < -0.4 is 11.1 Å². The van der Waals surface area contributed by atoms with Crippen LogP contribution in [0.15, 0.2) is 71.0 Å². The second kappa shape index (κ2) is 6.17. The third-order valence-corrected chi connectivity index (χ3v) is 3.33. The maximum absolute atomic E-state index is 11.6. The summed E-state index contributed by atoms with van der Waals surface area (Å²) in [5.41, 5.74) is 1.77. The zero-order valence-corrected chi connectivity index (χ0v) is 11.8. The van der Waals surface area contributed by atoms with Crippen LogP contribution >= 0.6 is 0 Å². The number of hydrogen-bond donors (Lipinski definition) is 0. The van der Waals surface area contributed by atoms with E-state index in [1.54, 1.807) is 33.9 Å². The first-order valence-corrected chi connectivity index (χ1v) is 6.81. The summed E-state index contributed by atoms with van der Waals surface area (Å²) in [5.74, 6) is 0. The predicted octanol–water partition coefficient (Wildman–Crippen LogP) is 0.897. The zero-order chi connectivity index (χ0) is 15.4. The van der Waals surface area contributed by atoms with Crippen molar-refractivity contribution in [3.8, 4) is 0 Å². The van der Waals surface area contributed by atoms with Gasteiger partial charge in [0.05, 0.1) is 25.5 Å². The summed E-state index contributed by atoms with van der Waals surface area (Å²) in [5, 5.41) is 0. The minimum absolute atomic E-state index is 0.130. The van der Waals surface area contributed by atoms with Crippen LogP contribution in [0.2, 0.25) is 0 Å². The molecule has 0 amide bonds. The lowest BCUT2D eigenvalue weighted by Crippen LogP contribution is -2.20. The molecular formula is C16H14N4O2. The number of hydrogen-bond acceptors (Lipinski definition) is 4. The molecule has 2 aromatic heterocycles. The van der Waals surface area contributed by atoms with E-state index in [9.17, 15) is 9.59 Å². The first-order valence-electron chi connectivity index (χ1n) is 6.81. The van der Waals surface area contributed by atoms with E-state index in [1.165, 1.54) is 12.4 Å². The zero-order valence-electron chi connectivity index (χ0n) is 11.8. The standard InChI is InChI=1S/C16H14N4O2/c21-15-9-17-5-7-19(15)11-13-1-2-14(4-3-13)12-20-8-6-18-10-16(20)22/h1-10H,11-12H2. The fourth-order valence-electron chi connectivity index (χ4n) is 2.15. The Kier molecular flexibility index (Phi) is 3.91. The molecule has 22 heavy (non-hydrogen) atoms. The first kappa shape index (κ1) is 13.9. The van der Waals surface area contributed by atoms with E-state index in [1.807, 2.05) is 24.3 Å². The molecule has 3 rings (SSSR count). The molecule has 1 aromatic carbocycles. The van der Waals surface area contributed by atoms with Gasteiger partial charge in [-0.25, -0.2) is 0 Å². The molecule has 0 saturated heterocycles. The maximum Gasteiger partial charge on any atom is 0.269 e. The fourth-order valence-corrected chi connectivity index (χ4v) is 2.15. The largest absolute Gasteiger partial charge is 0.308 e. The molecule has 0 aliphatic heterocycles. The van der Waals surface area contributed by atoms with E-state index < -0.39 is 0 Å². The molecular weight excluding hydrogens is 280 g/mol. The van der Waals surface area contributed by atoms with Gasteiger partial charge < -0.3 is 9.13 Å². The van der Waals surface area contributed by atoms with Crippen LogP contribution in [0, 0.1) is 0 Å². The van der Waals surface area contributed by atoms with Crippen molar-refractivity contribution in [3.63, 3.8) is 0 Å². The molecule has 0 unspecified atom stereocenters. The molecule has 6 nitrogen and oxygen atoms in total. The van der Waals surface area contributed by atoms with Gasteiger partial charge >= 0.3 is 0 Å². The van der Waals surface area contributed by atoms with Gasteiger partial charge in [0.1, 0.15) is 0 Å². The summed E-state index contributed by atoms with van der Waals surface area (Å²) in [6.07, 6.45) is 9.09.